The van der Waals surface area contributed by atoms with Gasteiger partial charge in [0, 0.05) is 12.5 Å². The fourth-order valence-electron chi connectivity index (χ4n) is 2.74. The van der Waals surface area contributed by atoms with Gasteiger partial charge in [-0.3, -0.25) is 4.31 Å². The highest BCUT2D eigenvalue weighted by molar-refractivity contribution is 7.92. The molecular weight excluding hydrogens is 322 g/mol. The smallest absolute Gasteiger partial charge is 0.264 e. The van der Waals surface area contributed by atoms with Gasteiger partial charge in [-0.15, -0.1) is 0 Å². The van der Waals surface area contributed by atoms with Gasteiger partial charge in [0.15, 0.2) is 0 Å². The van der Waals surface area contributed by atoms with Crippen LogP contribution in [-0.4, -0.2) is 22.1 Å². The topological polar surface area (TPSA) is 46.6 Å². The van der Waals surface area contributed by atoms with Gasteiger partial charge >= 0.3 is 0 Å². The minimum absolute atomic E-state index is 0.166. The molecule has 6 heteroatoms. The number of benzene rings is 2. The molecule has 22 heavy (non-hydrogen) atoms. The molecule has 1 aliphatic heterocycles. The van der Waals surface area contributed by atoms with Gasteiger partial charge in [-0.1, -0.05) is 36.7 Å². The molecule has 1 unspecified atom stereocenters. The average Bonchev–Trinajstić information content (AvgIpc) is 2.85. The minimum atomic E-state index is -3.64. The maximum atomic E-state index is 12.9. The van der Waals surface area contributed by atoms with Gasteiger partial charge in [0.2, 0.25) is 0 Å². The molecule has 0 radical (unpaired) electrons. The van der Waals surface area contributed by atoms with Crippen molar-refractivity contribution < 1.29 is 13.2 Å². The number of anilines is 1. The number of halogens is 1. The summed E-state index contributed by atoms with van der Waals surface area (Å²) in [5.41, 5.74) is 1.78. The van der Waals surface area contributed by atoms with Gasteiger partial charge in [-0.05, 0) is 29.8 Å². The molecule has 0 N–H and O–H groups in total. The van der Waals surface area contributed by atoms with Crippen LogP contribution in [0.15, 0.2) is 47.4 Å². The Morgan fingerprint density at radius 3 is 2.64 bits per heavy atom. The molecule has 0 fully saturated rings. The van der Waals surface area contributed by atoms with Crippen molar-refractivity contribution >= 4 is 27.3 Å². The Hall–Kier alpha value is -1.72. The van der Waals surface area contributed by atoms with Crippen molar-refractivity contribution in [1.82, 2.24) is 0 Å². The summed E-state index contributed by atoms with van der Waals surface area (Å²) in [4.78, 5) is 0.169. The Morgan fingerprint density at radius 1 is 1.23 bits per heavy atom. The van der Waals surface area contributed by atoms with Crippen LogP contribution in [0.5, 0.6) is 5.75 Å². The number of para-hydroxylation sites is 1. The maximum Gasteiger partial charge on any atom is 0.264 e. The number of ether oxygens (including phenoxy) is 1. The van der Waals surface area contributed by atoms with Gasteiger partial charge < -0.3 is 4.74 Å². The lowest BCUT2D eigenvalue weighted by Crippen LogP contribution is -2.29. The standard InChI is InChI=1S/C16H16ClNO3S/c1-11-10-18(15-6-4-3-5-13(11)15)22(19,20)12-7-8-16(21-2)14(17)9-12/h3-9,11H,10H2,1-2H3. The largest absolute Gasteiger partial charge is 0.495 e. The van der Waals surface area contributed by atoms with Crippen molar-refractivity contribution in [2.24, 2.45) is 0 Å². The van der Waals surface area contributed by atoms with E-state index in [0.29, 0.717) is 12.3 Å². The Kier molecular flexibility index (Phi) is 3.78. The number of hydrogen-bond donors (Lipinski definition) is 0. The quantitative estimate of drug-likeness (QED) is 0.858. The number of rotatable bonds is 3. The monoisotopic (exact) mass is 337 g/mol. The van der Waals surface area contributed by atoms with Crippen molar-refractivity contribution in [3.05, 3.63) is 53.1 Å². The lowest BCUT2D eigenvalue weighted by atomic mass is 10.0. The van der Waals surface area contributed by atoms with E-state index in [1.54, 1.807) is 6.07 Å². The summed E-state index contributed by atoms with van der Waals surface area (Å²) in [6.45, 7) is 2.46. The van der Waals surface area contributed by atoms with Crippen molar-refractivity contribution in [3.63, 3.8) is 0 Å². The lowest BCUT2D eigenvalue weighted by Gasteiger charge is -2.20. The molecule has 116 valence electrons. The molecule has 2 aromatic rings. The van der Waals surface area contributed by atoms with Crippen LogP contribution in [0.3, 0.4) is 0 Å². The van der Waals surface area contributed by atoms with Gasteiger partial charge in [0.05, 0.1) is 22.7 Å². The number of nitrogens with zero attached hydrogens (tertiary/aromatic N) is 1. The van der Waals surface area contributed by atoms with E-state index in [1.807, 2.05) is 31.2 Å². The summed E-state index contributed by atoms with van der Waals surface area (Å²) in [6, 6.07) is 12.1. The van der Waals surface area contributed by atoms with Crippen LogP contribution in [0.2, 0.25) is 5.02 Å². The summed E-state index contributed by atoms with van der Waals surface area (Å²) in [5, 5.41) is 0.282. The van der Waals surface area contributed by atoms with E-state index in [0.717, 1.165) is 11.3 Å². The first-order valence-electron chi connectivity index (χ1n) is 6.90. The molecule has 0 amide bonds. The first-order valence-corrected chi connectivity index (χ1v) is 8.72. The molecule has 0 aliphatic carbocycles. The normalized spacial score (nSPS) is 17.4. The van der Waals surface area contributed by atoms with Gasteiger partial charge in [0.25, 0.3) is 10.0 Å². The molecule has 0 bridgehead atoms. The molecule has 0 saturated carbocycles. The Bertz CT molecular complexity index is 820. The number of methoxy groups -OCH3 is 1. The summed E-state index contributed by atoms with van der Waals surface area (Å²) in [6.07, 6.45) is 0. The van der Waals surface area contributed by atoms with Crippen LogP contribution in [0.1, 0.15) is 18.4 Å². The molecule has 4 nitrogen and oxygen atoms in total. The molecule has 1 atom stereocenters. The predicted molar refractivity (Wildman–Crippen MR) is 87.4 cm³/mol. The van der Waals surface area contributed by atoms with E-state index in [1.165, 1.54) is 23.5 Å². The maximum absolute atomic E-state index is 12.9. The second-order valence-corrected chi connectivity index (χ2v) is 7.56. The van der Waals surface area contributed by atoms with Crippen molar-refractivity contribution in [2.45, 2.75) is 17.7 Å². The van der Waals surface area contributed by atoms with E-state index in [4.69, 9.17) is 16.3 Å². The molecule has 0 spiro atoms. The number of fused-ring (bicyclic) bond motifs is 1. The van der Waals surface area contributed by atoms with Gasteiger partial charge in [0.1, 0.15) is 5.75 Å². The summed E-state index contributed by atoms with van der Waals surface area (Å²) >= 11 is 6.06. The molecule has 1 aliphatic rings. The summed E-state index contributed by atoms with van der Waals surface area (Å²) in [7, 11) is -2.15. The zero-order chi connectivity index (χ0) is 15.9. The molecule has 3 rings (SSSR count). The van der Waals surface area contributed by atoms with Crippen LogP contribution in [0, 0.1) is 0 Å². The van der Waals surface area contributed by atoms with Crippen molar-refractivity contribution in [1.29, 1.82) is 0 Å². The predicted octanol–water partition coefficient (Wildman–Crippen LogP) is 3.66. The summed E-state index contributed by atoms with van der Waals surface area (Å²) < 4.78 is 32.4. The van der Waals surface area contributed by atoms with Crippen molar-refractivity contribution in [3.8, 4) is 5.75 Å². The van der Waals surface area contributed by atoms with Crippen LogP contribution in [-0.2, 0) is 10.0 Å². The van der Waals surface area contributed by atoms with E-state index in [2.05, 4.69) is 0 Å². The fourth-order valence-corrected chi connectivity index (χ4v) is 4.67. The minimum Gasteiger partial charge on any atom is -0.495 e. The number of sulfonamides is 1. The molecule has 2 aromatic carbocycles. The highest BCUT2D eigenvalue weighted by Crippen LogP contribution is 2.39. The van der Waals surface area contributed by atoms with Crippen molar-refractivity contribution in [2.75, 3.05) is 18.0 Å². The first kappa shape index (κ1) is 15.2. The summed E-state index contributed by atoms with van der Waals surface area (Å²) in [5.74, 6) is 0.621. The Morgan fingerprint density at radius 2 is 1.95 bits per heavy atom. The highest BCUT2D eigenvalue weighted by atomic mass is 35.5. The van der Waals surface area contributed by atoms with E-state index >= 15 is 0 Å². The lowest BCUT2D eigenvalue weighted by molar-refractivity contribution is 0.414. The molecule has 0 aromatic heterocycles. The van der Waals surface area contributed by atoms with Crippen LogP contribution < -0.4 is 9.04 Å². The zero-order valence-electron chi connectivity index (χ0n) is 12.3. The van der Waals surface area contributed by atoms with E-state index < -0.39 is 10.0 Å². The fraction of sp³-hybridized carbons (Fsp3) is 0.250. The second-order valence-electron chi connectivity index (χ2n) is 5.29. The third-order valence-electron chi connectivity index (χ3n) is 3.89. The third-order valence-corrected chi connectivity index (χ3v) is 5.96. The zero-order valence-corrected chi connectivity index (χ0v) is 13.9. The first-order chi connectivity index (χ1) is 10.4. The SMILES string of the molecule is COc1ccc(S(=O)(=O)N2CC(C)c3ccccc32)cc1Cl. The van der Waals surface area contributed by atoms with Gasteiger partial charge in [-0.25, -0.2) is 8.42 Å². The highest BCUT2D eigenvalue weighted by Gasteiger charge is 2.34. The molecule has 0 saturated heterocycles. The van der Waals surface area contributed by atoms with Crippen LogP contribution >= 0.6 is 11.6 Å². The Labute approximate surface area is 135 Å². The Balaban J connectivity index is 2.06. The third kappa shape index (κ3) is 2.34. The van der Waals surface area contributed by atoms with E-state index in [-0.39, 0.29) is 15.8 Å². The second kappa shape index (κ2) is 5.48. The van der Waals surface area contributed by atoms with E-state index in [9.17, 15) is 8.42 Å². The van der Waals surface area contributed by atoms with Crippen LogP contribution in [0.25, 0.3) is 0 Å². The molecule has 1 heterocycles. The number of hydrogen-bond acceptors (Lipinski definition) is 3. The van der Waals surface area contributed by atoms with Crippen LogP contribution in [0.4, 0.5) is 5.69 Å². The average molecular weight is 338 g/mol. The van der Waals surface area contributed by atoms with Gasteiger partial charge in [-0.2, -0.15) is 0 Å². The molecular formula is C16H16ClNO3S.